The molecular weight excluding hydrogens is 227 g/mol. The second kappa shape index (κ2) is 3.53. The van der Waals surface area contributed by atoms with Gasteiger partial charge < -0.3 is 5.11 Å². The molecule has 0 fully saturated rings. The van der Waals surface area contributed by atoms with E-state index in [0.717, 1.165) is 0 Å². The third-order valence-corrected chi connectivity index (χ3v) is 1.26. The van der Waals surface area contributed by atoms with Crippen molar-refractivity contribution in [3.63, 3.8) is 0 Å². The van der Waals surface area contributed by atoms with Gasteiger partial charge in [-0.15, -0.1) is 0 Å². The van der Waals surface area contributed by atoms with Crippen molar-refractivity contribution in [3.05, 3.63) is 10.2 Å². The van der Waals surface area contributed by atoms with Crippen LogP contribution in [0.1, 0.15) is 0 Å². The van der Waals surface area contributed by atoms with E-state index >= 15 is 0 Å². The number of hydrogen-bond acceptors (Lipinski definition) is 3. The van der Waals surface area contributed by atoms with Crippen LogP contribution in [-0.2, 0) is 10.9 Å². The first-order valence-electron chi connectivity index (χ1n) is 1.58. The maximum Gasteiger partial charge on any atom is 0.333 e. The Labute approximate surface area is 52.3 Å². The molecule has 0 atom stereocenters. The Hall–Kier alpha value is -0.460. The Morgan fingerprint density at radius 2 is 2.00 bits per heavy atom. The molecule has 5 heteroatoms. The molecule has 0 aliphatic heterocycles. The smallest absolute Gasteiger partial charge is 0.333 e. The van der Waals surface area contributed by atoms with Crippen molar-refractivity contribution in [2.24, 2.45) is 0 Å². The molecule has 0 aromatic carbocycles. The minimum Gasteiger partial charge on any atom is -0.478 e. The SMILES string of the molecule is O=C(O)/C=C\I(=O)=O. The van der Waals surface area contributed by atoms with Crippen LogP contribution in [-0.4, -0.2) is 11.1 Å². The van der Waals surface area contributed by atoms with Crippen molar-refractivity contribution in [1.82, 2.24) is 0 Å². The lowest BCUT2D eigenvalue weighted by molar-refractivity contribution is -0.131. The van der Waals surface area contributed by atoms with Gasteiger partial charge in [-0.1, -0.05) is 0 Å². The maximum atomic E-state index is 9.68. The van der Waals surface area contributed by atoms with Gasteiger partial charge in [-0.25, -0.2) is 10.9 Å². The van der Waals surface area contributed by atoms with Crippen molar-refractivity contribution in [3.8, 4) is 0 Å². The molecule has 1 N–H and O–H groups in total. The fourth-order valence-corrected chi connectivity index (χ4v) is 0.707. The third kappa shape index (κ3) is 5.54. The van der Waals surface area contributed by atoms with Crippen LogP contribution < -0.4 is 0 Å². The Bertz CT molecular complexity index is 170. The van der Waals surface area contributed by atoms with E-state index in [1.807, 2.05) is 0 Å². The minimum atomic E-state index is -3.43. The molecule has 0 saturated heterocycles. The van der Waals surface area contributed by atoms with Gasteiger partial charge in [0.2, 0.25) is 0 Å². The van der Waals surface area contributed by atoms with Gasteiger partial charge in [0.25, 0.3) is 0 Å². The standard InChI is InChI=1S/C3H3IO4/c5-3(6)1-2-4(7)8/h1-2H,(H,5,6)/b2-1-. The molecule has 0 rings (SSSR count). The summed E-state index contributed by atoms with van der Waals surface area (Å²) >= 11 is -3.43. The van der Waals surface area contributed by atoms with E-state index < -0.39 is 25.8 Å². The van der Waals surface area contributed by atoms with Crippen LogP contribution in [0.25, 0.3) is 0 Å². The summed E-state index contributed by atoms with van der Waals surface area (Å²) in [7, 11) is 0. The van der Waals surface area contributed by atoms with E-state index in [-0.39, 0.29) is 0 Å². The van der Waals surface area contributed by atoms with Crippen LogP contribution >= 0.6 is 19.8 Å². The summed E-state index contributed by atoms with van der Waals surface area (Å²) in [5, 5.41) is 7.82. The van der Waals surface area contributed by atoms with E-state index in [0.29, 0.717) is 10.2 Å². The first kappa shape index (κ1) is 7.54. The molecule has 8 heavy (non-hydrogen) atoms. The van der Waals surface area contributed by atoms with Crippen molar-refractivity contribution in [1.29, 1.82) is 0 Å². The molecule has 46 valence electrons. The summed E-state index contributed by atoms with van der Waals surface area (Å²) in [5.41, 5.74) is 0. The summed E-state index contributed by atoms with van der Waals surface area (Å²) in [5.74, 6) is -1.24. The highest BCUT2D eigenvalue weighted by Crippen LogP contribution is 2.03. The summed E-state index contributed by atoms with van der Waals surface area (Å²) < 4.78 is 20.1. The molecule has 0 unspecified atom stereocenters. The molecule has 0 amide bonds. The topological polar surface area (TPSA) is 71.4 Å². The summed E-state index contributed by atoms with van der Waals surface area (Å²) in [4.78, 5) is 9.56. The normalized spacial score (nSPS) is 10.6. The van der Waals surface area contributed by atoms with Crippen LogP contribution in [0.5, 0.6) is 0 Å². The molecule has 0 radical (unpaired) electrons. The lowest BCUT2D eigenvalue weighted by atomic mass is 10.7. The summed E-state index contributed by atoms with van der Waals surface area (Å²) in [6.45, 7) is 0. The monoisotopic (exact) mass is 230 g/mol. The fraction of sp³-hybridized carbons (Fsp3) is 0. The zero-order chi connectivity index (χ0) is 6.57. The maximum absolute atomic E-state index is 9.68. The molecule has 0 spiro atoms. The van der Waals surface area contributed by atoms with E-state index in [2.05, 4.69) is 0 Å². The van der Waals surface area contributed by atoms with Gasteiger partial charge in [0, 0.05) is 10.2 Å². The van der Waals surface area contributed by atoms with Gasteiger partial charge in [-0.3, -0.25) is 0 Å². The number of carboxylic acids is 1. The van der Waals surface area contributed by atoms with E-state index in [4.69, 9.17) is 5.11 Å². The number of carboxylic acid groups (broad SMARTS) is 1. The number of rotatable bonds is 2. The zero-order valence-corrected chi connectivity index (χ0v) is 5.86. The van der Waals surface area contributed by atoms with Crippen molar-refractivity contribution in [2.45, 2.75) is 0 Å². The Kier molecular flexibility index (Phi) is 3.33. The van der Waals surface area contributed by atoms with Crippen molar-refractivity contribution < 1.29 is 16.0 Å². The highest BCUT2D eigenvalue weighted by molar-refractivity contribution is 14.2. The number of carbonyl (C=O) groups is 1. The van der Waals surface area contributed by atoms with E-state index in [1.165, 1.54) is 0 Å². The molecule has 4 nitrogen and oxygen atoms in total. The molecular formula is C3H3IO4. The number of hydrogen-bond donors (Lipinski definition) is 1. The van der Waals surface area contributed by atoms with E-state index in [1.54, 1.807) is 0 Å². The van der Waals surface area contributed by atoms with Crippen LogP contribution in [0.15, 0.2) is 10.2 Å². The quantitative estimate of drug-likeness (QED) is 0.562. The van der Waals surface area contributed by atoms with Gasteiger partial charge in [-0.05, 0) is 0 Å². The Morgan fingerprint density at radius 1 is 1.50 bits per heavy atom. The predicted octanol–water partition coefficient (Wildman–Crippen LogP) is 0.782. The first-order valence-corrected chi connectivity index (χ1v) is 4.58. The van der Waals surface area contributed by atoms with Crippen molar-refractivity contribution >= 4 is 25.8 Å². The number of halogens is 1. The molecule has 0 aliphatic carbocycles. The third-order valence-electron chi connectivity index (χ3n) is 0.308. The second-order valence-electron chi connectivity index (χ2n) is 0.872. The molecule has 0 bridgehead atoms. The average molecular weight is 230 g/mol. The van der Waals surface area contributed by atoms with Gasteiger partial charge in [-0.2, -0.15) is 0 Å². The van der Waals surface area contributed by atoms with Gasteiger partial charge >= 0.3 is 25.8 Å². The van der Waals surface area contributed by atoms with Crippen LogP contribution in [0, 0.1) is 0 Å². The molecule has 0 saturated carbocycles. The van der Waals surface area contributed by atoms with Crippen LogP contribution in [0.3, 0.4) is 0 Å². The molecule has 0 aromatic rings. The molecule has 0 aromatic heterocycles. The average Bonchev–Trinajstić information content (AvgIpc) is 1.61. The van der Waals surface area contributed by atoms with Crippen LogP contribution in [0.4, 0.5) is 0 Å². The van der Waals surface area contributed by atoms with Gasteiger partial charge in [0.15, 0.2) is 0 Å². The highest BCUT2D eigenvalue weighted by atomic mass is 127. The largest absolute Gasteiger partial charge is 0.478 e. The van der Waals surface area contributed by atoms with Gasteiger partial charge in [0.05, 0.1) is 0 Å². The highest BCUT2D eigenvalue weighted by Gasteiger charge is 1.84. The minimum absolute atomic E-state index is 0.602. The second-order valence-corrected chi connectivity index (χ2v) is 2.97. The Balaban J connectivity index is 3.86. The summed E-state index contributed by atoms with van der Waals surface area (Å²) in [6.07, 6.45) is 0.602. The van der Waals surface area contributed by atoms with E-state index in [9.17, 15) is 10.9 Å². The fourth-order valence-electron chi connectivity index (χ4n) is 0.105. The number of aliphatic carboxylic acids is 1. The van der Waals surface area contributed by atoms with Crippen molar-refractivity contribution in [2.75, 3.05) is 0 Å². The summed E-state index contributed by atoms with van der Waals surface area (Å²) in [6, 6.07) is 0. The van der Waals surface area contributed by atoms with Gasteiger partial charge in [0.1, 0.15) is 0 Å². The van der Waals surface area contributed by atoms with Crippen LogP contribution in [0.2, 0.25) is 0 Å². The first-order chi connectivity index (χ1) is 3.63. The molecule has 0 aliphatic rings. The lowest BCUT2D eigenvalue weighted by Crippen LogP contribution is -1.83. The zero-order valence-electron chi connectivity index (χ0n) is 3.70. The Morgan fingerprint density at radius 3 is 2.12 bits per heavy atom. The predicted molar refractivity (Wildman–Crippen MR) is 32.2 cm³/mol. The molecule has 0 heterocycles. The lowest BCUT2D eigenvalue weighted by Gasteiger charge is -1.68.